The van der Waals surface area contributed by atoms with E-state index in [0.717, 1.165) is 5.56 Å². The Morgan fingerprint density at radius 2 is 2.11 bits per heavy atom. The van der Waals surface area contributed by atoms with Gasteiger partial charge >= 0.3 is 6.18 Å². The summed E-state index contributed by atoms with van der Waals surface area (Å²) in [6.07, 6.45) is -4.30. The number of nitrogens with zero attached hydrogens (tertiary/aromatic N) is 1. The molecule has 0 aromatic heterocycles. The molecule has 3 nitrogen and oxygen atoms in total. The van der Waals surface area contributed by atoms with Crippen LogP contribution in [0, 0.1) is 6.92 Å². The van der Waals surface area contributed by atoms with Gasteiger partial charge in [0.15, 0.2) is 5.17 Å². The highest BCUT2D eigenvalue weighted by Crippen LogP contribution is 2.34. The van der Waals surface area contributed by atoms with E-state index in [-0.39, 0.29) is 11.7 Å². The third kappa shape index (κ3) is 3.28. The number of benzene rings is 1. The molecule has 0 spiro atoms. The molecule has 1 aliphatic heterocycles. The van der Waals surface area contributed by atoms with Crippen LogP contribution in [0.25, 0.3) is 0 Å². The van der Waals surface area contributed by atoms with Crippen molar-refractivity contribution in [2.24, 2.45) is 4.99 Å². The first-order valence-corrected chi connectivity index (χ1v) is 6.40. The van der Waals surface area contributed by atoms with Crippen molar-refractivity contribution in [3.05, 3.63) is 35.4 Å². The van der Waals surface area contributed by atoms with Gasteiger partial charge in [-0.15, -0.1) is 0 Å². The number of thioether (sulfide) groups is 1. The maximum Gasteiger partial charge on any atom is 0.402 e. The molecule has 1 aromatic rings. The first-order valence-electron chi connectivity index (χ1n) is 5.53. The minimum Gasteiger partial charge on any atom is -0.301 e. The summed E-state index contributed by atoms with van der Waals surface area (Å²) in [6.45, 7) is 1.41. The molecule has 0 radical (unpaired) electrons. The van der Waals surface area contributed by atoms with Gasteiger partial charge in [0.05, 0.1) is 6.54 Å². The number of carbonyl (C=O) groups excluding carboxylic acids is 1. The number of aliphatic imine (C=N–C) groups is 1. The third-order valence-electron chi connectivity index (χ3n) is 2.63. The fraction of sp³-hybridized carbons (Fsp3) is 0.333. The van der Waals surface area contributed by atoms with Crippen molar-refractivity contribution in [3.63, 3.8) is 0 Å². The van der Waals surface area contributed by atoms with Gasteiger partial charge in [0.2, 0.25) is 0 Å². The predicted molar refractivity (Wildman–Crippen MR) is 68.4 cm³/mol. The van der Waals surface area contributed by atoms with Gasteiger partial charge in [0.1, 0.15) is 5.25 Å². The zero-order valence-electron chi connectivity index (χ0n) is 9.99. The first kappa shape index (κ1) is 13.9. The van der Waals surface area contributed by atoms with E-state index in [1.807, 2.05) is 0 Å². The molecule has 102 valence electrons. The normalized spacial score (nSPS) is 19.2. The van der Waals surface area contributed by atoms with Crippen molar-refractivity contribution in [3.8, 4) is 0 Å². The number of aryl methyl sites for hydroxylation is 1. The lowest BCUT2D eigenvalue weighted by molar-refractivity contribution is -0.126. The van der Waals surface area contributed by atoms with Gasteiger partial charge in [-0.3, -0.25) is 9.79 Å². The van der Waals surface area contributed by atoms with E-state index >= 15 is 0 Å². The molecule has 0 saturated heterocycles. The Balaban J connectivity index is 2.01. The summed E-state index contributed by atoms with van der Waals surface area (Å²) in [5.41, 5.74) is 1.19. The summed E-state index contributed by atoms with van der Waals surface area (Å²) in [5, 5.41) is 0.866. The van der Waals surface area contributed by atoms with Crippen LogP contribution >= 0.6 is 11.8 Å². The summed E-state index contributed by atoms with van der Waals surface area (Å²) in [7, 11) is 0. The maximum atomic E-state index is 12.5. The van der Waals surface area contributed by atoms with Crippen LogP contribution in [-0.2, 0) is 0 Å². The molecule has 1 aliphatic rings. The Morgan fingerprint density at radius 1 is 1.42 bits per heavy atom. The zero-order valence-corrected chi connectivity index (χ0v) is 10.8. The third-order valence-corrected chi connectivity index (χ3v) is 3.79. The molecule has 1 atom stereocenters. The van der Waals surface area contributed by atoms with E-state index < -0.39 is 17.3 Å². The number of nitrogens with one attached hydrogen (secondary N) is 1. The highest BCUT2D eigenvalue weighted by atomic mass is 32.2. The monoisotopic (exact) mass is 288 g/mol. The molecule has 0 aliphatic carbocycles. The SMILES string of the molecule is Cc1ccccc1C(=O)NC1=NCC(C(F)(F)F)S1. The van der Waals surface area contributed by atoms with Crippen LogP contribution in [-0.4, -0.2) is 29.0 Å². The van der Waals surface area contributed by atoms with E-state index in [2.05, 4.69) is 10.3 Å². The van der Waals surface area contributed by atoms with E-state index in [9.17, 15) is 18.0 Å². The van der Waals surface area contributed by atoms with Gasteiger partial charge in [-0.2, -0.15) is 13.2 Å². The van der Waals surface area contributed by atoms with Crippen molar-refractivity contribution in [1.82, 2.24) is 5.32 Å². The smallest absolute Gasteiger partial charge is 0.301 e. The zero-order chi connectivity index (χ0) is 14.0. The largest absolute Gasteiger partial charge is 0.402 e. The summed E-state index contributed by atoms with van der Waals surface area (Å²) < 4.78 is 37.4. The second-order valence-electron chi connectivity index (χ2n) is 4.06. The van der Waals surface area contributed by atoms with Gasteiger partial charge in [0, 0.05) is 5.56 Å². The highest BCUT2D eigenvalue weighted by Gasteiger charge is 2.43. The molecule has 0 fully saturated rings. The second kappa shape index (κ2) is 5.24. The molecule has 7 heteroatoms. The lowest BCUT2D eigenvalue weighted by atomic mass is 10.1. The van der Waals surface area contributed by atoms with Crippen LogP contribution in [0.1, 0.15) is 15.9 Å². The fourth-order valence-electron chi connectivity index (χ4n) is 1.61. The number of amides is 1. The van der Waals surface area contributed by atoms with Crippen molar-refractivity contribution in [2.45, 2.75) is 18.3 Å². The molecule has 1 N–H and O–H groups in total. The van der Waals surface area contributed by atoms with Crippen LogP contribution < -0.4 is 5.32 Å². The van der Waals surface area contributed by atoms with Crippen LogP contribution in [0.2, 0.25) is 0 Å². The van der Waals surface area contributed by atoms with E-state index in [0.29, 0.717) is 17.3 Å². The van der Waals surface area contributed by atoms with Crippen LogP contribution in [0.15, 0.2) is 29.3 Å². The molecule has 1 unspecified atom stereocenters. The number of hydrogen-bond donors (Lipinski definition) is 1. The molecule has 0 bridgehead atoms. The Morgan fingerprint density at radius 3 is 2.68 bits per heavy atom. The average molecular weight is 288 g/mol. The molecule has 19 heavy (non-hydrogen) atoms. The van der Waals surface area contributed by atoms with Gasteiger partial charge in [-0.05, 0) is 18.6 Å². The number of amidine groups is 1. The van der Waals surface area contributed by atoms with Crippen molar-refractivity contribution >= 4 is 22.8 Å². The van der Waals surface area contributed by atoms with Crippen LogP contribution in [0.5, 0.6) is 0 Å². The lowest BCUT2D eigenvalue weighted by Crippen LogP contribution is -2.30. The molecule has 0 saturated carbocycles. The fourth-order valence-corrected chi connectivity index (χ4v) is 2.46. The molecular weight excluding hydrogens is 277 g/mol. The van der Waals surface area contributed by atoms with Gasteiger partial charge in [0.25, 0.3) is 5.91 Å². The summed E-state index contributed by atoms with van der Waals surface area (Å²) in [6, 6.07) is 6.86. The minimum absolute atomic E-state index is 0.0237. The quantitative estimate of drug-likeness (QED) is 0.863. The predicted octanol–water partition coefficient (Wildman–Crippen LogP) is 2.76. The Hall–Kier alpha value is -1.50. The Labute approximate surface area is 112 Å². The molecular formula is C12H11F3N2OS. The topological polar surface area (TPSA) is 41.5 Å². The minimum atomic E-state index is -4.30. The van der Waals surface area contributed by atoms with Crippen LogP contribution in [0.3, 0.4) is 0 Å². The van der Waals surface area contributed by atoms with E-state index in [1.54, 1.807) is 31.2 Å². The molecule has 1 aromatic carbocycles. The first-order chi connectivity index (χ1) is 8.88. The maximum absolute atomic E-state index is 12.5. The molecule has 1 heterocycles. The van der Waals surface area contributed by atoms with Crippen molar-refractivity contribution < 1.29 is 18.0 Å². The number of hydrogen-bond acceptors (Lipinski definition) is 3. The standard InChI is InChI=1S/C12H11F3N2OS/c1-7-4-2-3-5-8(7)10(18)17-11-16-6-9(19-11)12(13,14)15/h2-5,9H,6H2,1H3,(H,16,17,18). The van der Waals surface area contributed by atoms with Crippen molar-refractivity contribution in [1.29, 1.82) is 0 Å². The van der Waals surface area contributed by atoms with Gasteiger partial charge in [-0.25, -0.2) is 0 Å². The Bertz CT molecular complexity index is 528. The average Bonchev–Trinajstić information content (AvgIpc) is 2.77. The summed E-state index contributed by atoms with van der Waals surface area (Å²) in [5.74, 6) is -0.438. The number of halogens is 3. The number of alkyl halides is 3. The van der Waals surface area contributed by atoms with Crippen molar-refractivity contribution in [2.75, 3.05) is 6.54 Å². The number of rotatable bonds is 1. The lowest BCUT2D eigenvalue weighted by Gasteiger charge is -2.12. The summed E-state index contributed by atoms with van der Waals surface area (Å²) >= 11 is 0.540. The van der Waals surface area contributed by atoms with Gasteiger partial charge < -0.3 is 5.32 Å². The number of carbonyl (C=O) groups is 1. The molecule has 2 rings (SSSR count). The summed E-state index contributed by atoms with van der Waals surface area (Å²) in [4.78, 5) is 15.6. The second-order valence-corrected chi connectivity index (χ2v) is 5.25. The van der Waals surface area contributed by atoms with Crippen LogP contribution in [0.4, 0.5) is 13.2 Å². The molecule has 1 amide bonds. The van der Waals surface area contributed by atoms with E-state index in [4.69, 9.17) is 0 Å². The van der Waals surface area contributed by atoms with E-state index in [1.165, 1.54) is 0 Å². The highest BCUT2D eigenvalue weighted by molar-refractivity contribution is 8.14. The van der Waals surface area contributed by atoms with Gasteiger partial charge in [-0.1, -0.05) is 30.0 Å². The Kier molecular flexibility index (Phi) is 3.84.